The minimum absolute atomic E-state index is 0.151. The highest BCUT2D eigenvalue weighted by Crippen LogP contribution is 2.29. The molecule has 3 aromatic heterocycles. The van der Waals surface area contributed by atoms with Crippen LogP contribution in [0.1, 0.15) is 36.3 Å². The minimum atomic E-state index is -0.597. The highest BCUT2D eigenvalue weighted by atomic mass is 35.5. The average molecular weight is 449 g/mol. The predicted octanol–water partition coefficient (Wildman–Crippen LogP) is 1.80. The molecule has 158 valence electrons. The lowest BCUT2D eigenvalue weighted by Gasteiger charge is -2.33. The summed E-state index contributed by atoms with van der Waals surface area (Å²) in [4.78, 5) is 48.1. The minimum Gasteiger partial charge on any atom is -0.351 e. The molecule has 0 unspecified atom stereocenters. The number of nitrogens with one attached hydrogen (secondary N) is 1. The Morgan fingerprint density at radius 3 is 2.73 bits per heavy atom. The lowest BCUT2D eigenvalue weighted by Crippen LogP contribution is -2.45. The van der Waals surface area contributed by atoms with Gasteiger partial charge < -0.3 is 14.8 Å². The number of halogens is 1. The molecule has 0 atom stereocenters. The van der Waals surface area contributed by atoms with Crippen molar-refractivity contribution >= 4 is 45.1 Å². The zero-order valence-corrected chi connectivity index (χ0v) is 18.2. The molecule has 0 saturated carbocycles. The first kappa shape index (κ1) is 20.5. The molecule has 0 radical (unpaired) electrons. The molecule has 9 nitrogen and oxygen atoms in total. The Labute approximate surface area is 180 Å². The molecule has 1 fully saturated rings. The summed E-state index contributed by atoms with van der Waals surface area (Å²) in [6, 6.07) is 1.50. The van der Waals surface area contributed by atoms with Crippen molar-refractivity contribution < 1.29 is 4.79 Å². The number of carbonyl (C=O) groups is 1. The summed E-state index contributed by atoms with van der Waals surface area (Å²) in [6.45, 7) is 3.73. The van der Waals surface area contributed by atoms with Crippen molar-refractivity contribution in [2.75, 3.05) is 24.5 Å². The van der Waals surface area contributed by atoms with Crippen LogP contribution in [0.2, 0.25) is 5.02 Å². The maximum Gasteiger partial charge on any atom is 0.318 e. The van der Waals surface area contributed by atoms with Crippen molar-refractivity contribution in [2.45, 2.75) is 25.8 Å². The highest BCUT2D eigenvalue weighted by Gasteiger charge is 2.26. The van der Waals surface area contributed by atoms with Crippen LogP contribution in [0.5, 0.6) is 0 Å². The van der Waals surface area contributed by atoms with Crippen molar-refractivity contribution in [2.24, 2.45) is 7.05 Å². The van der Waals surface area contributed by atoms with E-state index >= 15 is 0 Å². The summed E-state index contributed by atoms with van der Waals surface area (Å²) in [5.74, 6) is -0.183. The van der Waals surface area contributed by atoms with Crippen molar-refractivity contribution in [1.82, 2.24) is 24.4 Å². The molecule has 1 amide bonds. The first-order valence-electron chi connectivity index (χ1n) is 9.66. The number of amides is 1. The van der Waals surface area contributed by atoms with E-state index in [1.807, 2.05) is 6.92 Å². The van der Waals surface area contributed by atoms with Gasteiger partial charge in [-0.25, -0.2) is 9.97 Å². The number of anilines is 1. The molecule has 30 heavy (non-hydrogen) atoms. The van der Waals surface area contributed by atoms with Gasteiger partial charge in [-0.2, -0.15) is 0 Å². The number of aryl methyl sites for hydroxylation is 1. The molecule has 0 bridgehead atoms. The van der Waals surface area contributed by atoms with Crippen LogP contribution in [0.3, 0.4) is 0 Å². The third-order valence-corrected chi connectivity index (χ3v) is 6.38. The van der Waals surface area contributed by atoms with Crippen LogP contribution in [0.15, 0.2) is 27.2 Å². The van der Waals surface area contributed by atoms with Gasteiger partial charge in [0.1, 0.15) is 5.69 Å². The van der Waals surface area contributed by atoms with E-state index in [0.717, 1.165) is 5.13 Å². The van der Waals surface area contributed by atoms with Gasteiger partial charge >= 0.3 is 11.1 Å². The van der Waals surface area contributed by atoms with E-state index in [4.69, 9.17) is 11.6 Å². The fourth-order valence-corrected chi connectivity index (χ4v) is 4.74. The van der Waals surface area contributed by atoms with Crippen molar-refractivity contribution in [3.05, 3.63) is 49.1 Å². The first-order chi connectivity index (χ1) is 14.4. The third kappa shape index (κ3) is 3.61. The fourth-order valence-electron chi connectivity index (χ4n) is 3.72. The second-order valence-corrected chi connectivity index (χ2v) is 8.40. The first-order valence-corrected chi connectivity index (χ1v) is 10.9. The molecule has 1 saturated heterocycles. The fraction of sp³-hybridized carbons (Fsp3) is 0.421. The summed E-state index contributed by atoms with van der Waals surface area (Å²) in [7, 11) is 1.55. The van der Waals surface area contributed by atoms with Crippen molar-refractivity contribution in [3.8, 4) is 0 Å². The number of thiazole rings is 1. The van der Waals surface area contributed by atoms with E-state index in [1.54, 1.807) is 18.5 Å². The maximum absolute atomic E-state index is 12.8. The van der Waals surface area contributed by atoms with Gasteiger partial charge in [-0.05, 0) is 25.8 Å². The van der Waals surface area contributed by atoms with E-state index in [1.165, 1.54) is 26.7 Å². The average Bonchev–Trinajstić information content (AvgIpc) is 3.24. The zero-order valence-electron chi connectivity index (χ0n) is 16.6. The Bertz CT molecular complexity index is 1230. The van der Waals surface area contributed by atoms with E-state index in [0.29, 0.717) is 54.4 Å². The topological polar surface area (TPSA) is 102 Å². The van der Waals surface area contributed by atoms with Gasteiger partial charge in [0.25, 0.3) is 5.91 Å². The molecule has 11 heteroatoms. The predicted molar refractivity (Wildman–Crippen MR) is 117 cm³/mol. The van der Waals surface area contributed by atoms with Gasteiger partial charge in [0.2, 0.25) is 0 Å². The standard InChI is InChI=1S/C19H21ClN6O3S/c1-3-21-16(27)13-10-30-19(23-13)25-6-4-12(5-7-25)26-15-14(8-11(20)9-22-15)24(2)17(28)18(26)29/h8-10,12H,3-7H2,1-2H3,(H,21,27). The number of nitrogens with zero attached hydrogens (tertiary/aromatic N) is 5. The number of fused-ring (bicyclic) bond motifs is 1. The lowest BCUT2D eigenvalue weighted by atomic mass is 10.0. The van der Waals surface area contributed by atoms with E-state index in [-0.39, 0.29) is 11.9 Å². The van der Waals surface area contributed by atoms with Gasteiger partial charge in [0.15, 0.2) is 10.8 Å². The molecule has 1 N–H and O–H groups in total. The van der Waals surface area contributed by atoms with Crippen LogP contribution in [0, 0.1) is 0 Å². The Balaban J connectivity index is 1.59. The highest BCUT2D eigenvalue weighted by molar-refractivity contribution is 7.13. The molecule has 0 spiro atoms. The molecular formula is C19H21ClN6O3S. The molecule has 4 rings (SSSR count). The monoisotopic (exact) mass is 448 g/mol. The summed E-state index contributed by atoms with van der Waals surface area (Å²) in [6.07, 6.45) is 2.79. The Morgan fingerprint density at radius 1 is 1.30 bits per heavy atom. The second kappa shape index (κ2) is 8.19. The zero-order chi connectivity index (χ0) is 21.4. The van der Waals surface area contributed by atoms with E-state index < -0.39 is 11.1 Å². The Kier molecular flexibility index (Phi) is 5.61. The van der Waals surface area contributed by atoms with E-state index in [9.17, 15) is 14.4 Å². The molecule has 1 aliphatic rings. The smallest absolute Gasteiger partial charge is 0.318 e. The van der Waals surface area contributed by atoms with Gasteiger partial charge in [-0.15, -0.1) is 11.3 Å². The summed E-state index contributed by atoms with van der Waals surface area (Å²) in [5.41, 5.74) is 0.221. The number of pyridine rings is 1. The number of piperidine rings is 1. The summed E-state index contributed by atoms with van der Waals surface area (Å²) in [5, 5.41) is 5.68. The quantitative estimate of drug-likeness (QED) is 0.610. The van der Waals surface area contributed by atoms with Crippen molar-refractivity contribution in [1.29, 1.82) is 0 Å². The summed E-state index contributed by atoms with van der Waals surface area (Å²) < 4.78 is 2.80. The second-order valence-electron chi connectivity index (χ2n) is 7.13. The van der Waals surface area contributed by atoms with Gasteiger partial charge in [0, 0.05) is 44.3 Å². The largest absolute Gasteiger partial charge is 0.351 e. The third-order valence-electron chi connectivity index (χ3n) is 5.27. The molecule has 0 aliphatic carbocycles. The molecule has 4 heterocycles. The van der Waals surface area contributed by atoms with Crippen LogP contribution in [-0.2, 0) is 7.05 Å². The van der Waals surface area contributed by atoms with Crippen LogP contribution in [0.25, 0.3) is 11.2 Å². The van der Waals surface area contributed by atoms with Crippen LogP contribution >= 0.6 is 22.9 Å². The Hall–Kier alpha value is -2.72. The number of aromatic nitrogens is 4. The number of rotatable bonds is 4. The SMILES string of the molecule is CCNC(=O)c1csc(N2CCC(n3c(=O)c(=O)n(C)c4cc(Cl)cnc43)CC2)n1. The van der Waals surface area contributed by atoms with Crippen LogP contribution in [0.4, 0.5) is 5.13 Å². The van der Waals surface area contributed by atoms with Gasteiger partial charge in [-0.3, -0.25) is 19.0 Å². The van der Waals surface area contributed by atoms with Gasteiger partial charge in [0.05, 0.1) is 10.5 Å². The molecule has 0 aromatic carbocycles. The van der Waals surface area contributed by atoms with Crippen LogP contribution < -0.4 is 21.3 Å². The number of hydrogen-bond acceptors (Lipinski definition) is 7. The number of carbonyl (C=O) groups excluding carboxylic acids is 1. The van der Waals surface area contributed by atoms with Gasteiger partial charge in [-0.1, -0.05) is 11.6 Å². The molecule has 1 aliphatic heterocycles. The van der Waals surface area contributed by atoms with Crippen molar-refractivity contribution in [3.63, 3.8) is 0 Å². The lowest BCUT2D eigenvalue weighted by molar-refractivity contribution is 0.0951. The molecular weight excluding hydrogens is 428 g/mol. The Morgan fingerprint density at radius 2 is 2.03 bits per heavy atom. The maximum atomic E-state index is 12.8. The normalized spacial score (nSPS) is 15.0. The van der Waals surface area contributed by atoms with Crippen LogP contribution in [-0.4, -0.2) is 44.6 Å². The molecule has 3 aromatic rings. The summed E-state index contributed by atoms with van der Waals surface area (Å²) >= 11 is 7.47. The number of hydrogen-bond donors (Lipinski definition) is 1. The van der Waals surface area contributed by atoms with E-state index in [2.05, 4.69) is 20.2 Å².